The molecule has 3 aliphatic rings. The summed E-state index contributed by atoms with van der Waals surface area (Å²) in [6.07, 6.45) is 0. The molecule has 8 nitrogen and oxygen atoms in total. The molecule has 1 spiro atoms. The van der Waals surface area contributed by atoms with E-state index in [2.05, 4.69) is 0 Å². The number of hydrogen-bond donors (Lipinski definition) is 0. The summed E-state index contributed by atoms with van der Waals surface area (Å²) in [6.45, 7) is 3.83. The number of Topliss-reactive ketones (excluding diaryl/α,β-unsaturated/α-hetero) is 2. The summed E-state index contributed by atoms with van der Waals surface area (Å²) in [4.78, 5) is 68.8. The van der Waals surface area contributed by atoms with Crippen molar-refractivity contribution < 1.29 is 33.4 Å². The minimum Gasteiger partial charge on any atom is -0.462 e. The van der Waals surface area contributed by atoms with E-state index in [0.29, 0.717) is 16.8 Å². The van der Waals surface area contributed by atoms with Crippen molar-refractivity contribution in [2.24, 2.45) is 11.8 Å². The van der Waals surface area contributed by atoms with Gasteiger partial charge in [-0.25, -0.2) is 4.79 Å². The number of anilines is 1. The Hall–Kier alpha value is -4.59. The van der Waals surface area contributed by atoms with Gasteiger partial charge in [-0.3, -0.25) is 19.2 Å². The second kappa shape index (κ2) is 8.48. The second-order valence-electron chi connectivity index (χ2n) is 9.71. The number of carbonyl (C=O) groups excluding carboxylic acids is 5. The Morgan fingerprint density at radius 2 is 1.47 bits per heavy atom. The van der Waals surface area contributed by atoms with Crippen LogP contribution in [-0.4, -0.2) is 41.6 Å². The molecule has 6 rings (SSSR count). The maximum atomic E-state index is 14.2. The van der Waals surface area contributed by atoms with Gasteiger partial charge in [0.1, 0.15) is 5.92 Å². The van der Waals surface area contributed by atoms with Crippen LogP contribution in [-0.2, 0) is 19.1 Å². The number of rotatable bonds is 4. The zero-order valence-electron chi connectivity index (χ0n) is 20.7. The Labute approximate surface area is 218 Å². The van der Waals surface area contributed by atoms with E-state index in [1.165, 1.54) is 0 Å². The second-order valence-corrected chi connectivity index (χ2v) is 9.71. The monoisotopic (exact) mass is 509 g/mol. The Morgan fingerprint density at radius 1 is 0.868 bits per heavy atom. The van der Waals surface area contributed by atoms with E-state index >= 15 is 0 Å². The molecule has 2 aliphatic heterocycles. The number of aryl methyl sites for hydroxylation is 1. The molecule has 0 amide bonds. The summed E-state index contributed by atoms with van der Waals surface area (Å²) in [7, 11) is 0. The van der Waals surface area contributed by atoms with Crippen molar-refractivity contribution in [2.75, 3.05) is 11.5 Å². The molecular formula is C30H23NO7. The van der Waals surface area contributed by atoms with E-state index in [1.807, 2.05) is 31.2 Å². The fourth-order valence-corrected chi connectivity index (χ4v) is 6.14. The van der Waals surface area contributed by atoms with Crippen LogP contribution in [0.25, 0.3) is 0 Å². The summed E-state index contributed by atoms with van der Waals surface area (Å²) in [5.41, 5.74) is 0.710. The van der Waals surface area contributed by atoms with Crippen molar-refractivity contribution in [3.05, 3.63) is 101 Å². The average molecular weight is 510 g/mol. The molecule has 3 aromatic rings. The quantitative estimate of drug-likeness (QED) is 0.386. The van der Waals surface area contributed by atoms with Gasteiger partial charge in [0, 0.05) is 16.8 Å². The smallest absolute Gasteiger partial charge is 0.338 e. The lowest BCUT2D eigenvalue weighted by Gasteiger charge is -2.39. The summed E-state index contributed by atoms with van der Waals surface area (Å²) < 4.78 is 10.2. The Morgan fingerprint density at radius 3 is 2.05 bits per heavy atom. The molecule has 8 heteroatoms. The van der Waals surface area contributed by atoms with Crippen molar-refractivity contribution in [3.8, 4) is 0 Å². The number of ether oxygens (including phenoxy) is 2. The molecule has 190 valence electrons. The lowest BCUT2D eigenvalue weighted by atomic mass is 9.76. The van der Waals surface area contributed by atoms with Crippen LogP contribution in [0.2, 0.25) is 0 Å². The molecule has 2 saturated heterocycles. The highest BCUT2D eigenvalue weighted by molar-refractivity contribution is 6.37. The van der Waals surface area contributed by atoms with E-state index in [4.69, 9.17) is 9.47 Å². The molecule has 0 N–H and O–H groups in total. The summed E-state index contributed by atoms with van der Waals surface area (Å²) in [5.74, 6) is -5.70. The van der Waals surface area contributed by atoms with Gasteiger partial charge in [0.2, 0.25) is 0 Å². The van der Waals surface area contributed by atoms with Gasteiger partial charge in [0.25, 0.3) is 0 Å². The van der Waals surface area contributed by atoms with Crippen LogP contribution in [0.5, 0.6) is 0 Å². The fourth-order valence-electron chi connectivity index (χ4n) is 6.14. The summed E-state index contributed by atoms with van der Waals surface area (Å²) >= 11 is 0. The highest BCUT2D eigenvalue weighted by atomic mass is 16.6. The predicted molar refractivity (Wildman–Crippen MR) is 135 cm³/mol. The maximum Gasteiger partial charge on any atom is 0.338 e. The number of benzene rings is 3. The SMILES string of the molecule is CCOC(=O)c1ccc(N2[C@@H](c3ccc(C)cc3)[C@H]3C(=O)OC(=O)[C@@H]3C23C(=O)c2ccccc2C3=O)cc1. The number of fused-ring (bicyclic) bond motifs is 3. The van der Waals surface area contributed by atoms with Crippen LogP contribution in [0, 0.1) is 18.8 Å². The Bertz CT molecular complexity index is 1490. The van der Waals surface area contributed by atoms with Crippen LogP contribution in [0.4, 0.5) is 5.69 Å². The number of hydrogen-bond acceptors (Lipinski definition) is 8. The molecule has 3 atom stereocenters. The van der Waals surface area contributed by atoms with Gasteiger partial charge in [0.05, 0.1) is 24.1 Å². The van der Waals surface area contributed by atoms with Crippen molar-refractivity contribution in [1.82, 2.24) is 0 Å². The molecule has 2 heterocycles. The van der Waals surface area contributed by atoms with Crippen LogP contribution in [0.3, 0.4) is 0 Å². The molecule has 3 aromatic carbocycles. The van der Waals surface area contributed by atoms with E-state index in [-0.39, 0.29) is 17.7 Å². The predicted octanol–water partition coefficient (Wildman–Crippen LogP) is 3.87. The Kier molecular flexibility index (Phi) is 5.31. The summed E-state index contributed by atoms with van der Waals surface area (Å²) in [6, 6.07) is 19.3. The zero-order valence-corrected chi connectivity index (χ0v) is 20.7. The van der Waals surface area contributed by atoms with E-state index < -0.39 is 52.9 Å². The standard InChI is InChI=1S/C30H23NO7/c1-3-37-27(34)18-12-14-19(15-13-18)31-24(17-10-8-16(2)9-11-17)22-23(29(36)38-28(22)35)30(31)25(32)20-6-4-5-7-21(20)26(30)33/h4-15,22-24H,3H2,1-2H3/t22-,23+,24-/m0/s1. The summed E-state index contributed by atoms with van der Waals surface area (Å²) in [5, 5.41) is 0. The van der Waals surface area contributed by atoms with Gasteiger partial charge in [-0.05, 0) is 43.7 Å². The topological polar surface area (TPSA) is 107 Å². The fraction of sp³-hybridized carbons (Fsp3) is 0.233. The van der Waals surface area contributed by atoms with Crippen molar-refractivity contribution in [1.29, 1.82) is 0 Å². The molecule has 1 aliphatic carbocycles. The molecule has 0 aromatic heterocycles. The highest BCUT2D eigenvalue weighted by Crippen LogP contribution is 2.59. The largest absolute Gasteiger partial charge is 0.462 e. The molecule has 2 fully saturated rings. The first kappa shape index (κ1) is 23.8. The molecule has 38 heavy (non-hydrogen) atoms. The average Bonchev–Trinajstić information content (AvgIpc) is 3.48. The minimum atomic E-state index is -2.02. The maximum absolute atomic E-state index is 14.2. The van der Waals surface area contributed by atoms with Gasteiger partial charge < -0.3 is 14.4 Å². The first-order valence-corrected chi connectivity index (χ1v) is 12.4. The molecule has 0 unspecified atom stereocenters. The van der Waals surface area contributed by atoms with E-state index in [9.17, 15) is 24.0 Å². The van der Waals surface area contributed by atoms with Gasteiger partial charge in [-0.15, -0.1) is 0 Å². The van der Waals surface area contributed by atoms with Gasteiger partial charge in [-0.2, -0.15) is 0 Å². The lowest BCUT2D eigenvalue weighted by molar-refractivity contribution is -0.154. The van der Waals surface area contributed by atoms with Crippen LogP contribution in [0.1, 0.15) is 55.2 Å². The van der Waals surface area contributed by atoms with Crippen LogP contribution < -0.4 is 4.90 Å². The lowest BCUT2D eigenvalue weighted by Crippen LogP contribution is -2.59. The third-order valence-electron chi connectivity index (χ3n) is 7.72. The molecular weight excluding hydrogens is 486 g/mol. The third kappa shape index (κ3) is 3.06. The number of cyclic esters (lactones) is 2. The first-order valence-electron chi connectivity index (χ1n) is 12.4. The van der Waals surface area contributed by atoms with Gasteiger partial charge in [0.15, 0.2) is 17.1 Å². The highest BCUT2D eigenvalue weighted by Gasteiger charge is 2.76. The first-order chi connectivity index (χ1) is 18.3. The number of ketones is 2. The van der Waals surface area contributed by atoms with Crippen LogP contribution in [0.15, 0.2) is 72.8 Å². The number of carbonyl (C=O) groups is 5. The number of nitrogens with zero attached hydrogens (tertiary/aromatic N) is 1. The minimum absolute atomic E-state index is 0.195. The van der Waals surface area contributed by atoms with Gasteiger partial charge >= 0.3 is 17.9 Å². The van der Waals surface area contributed by atoms with E-state index in [0.717, 1.165) is 5.56 Å². The molecule has 0 saturated carbocycles. The third-order valence-corrected chi connectivity index (χ3v) is 7.72. The van der Waals surface area contributed by atoms with E-state index in [1.54, 1.807) is 60.4 Å². The zero-order chi connectivity index (χ0) is 26.8. The van der Waals surface area contributed by atoms with Gasteiger partial charge in [-0.1, -0.05) is 54.1 Å². The molecule has 0 radical (unpaired) electrons. The molecule has 0 bridgehead atoms. The van der Waals surface area contributed by atoms with Crippen LogP contribution >= 0.6 is 0 Å². The van der Waals surface area contributed by atoms with Crippen molar-refractivity contribution >= 4 is 35.2 Å². The van der Waals surface area contributed by atoms with Crippen molar-refractivity contribution in [2.45, 2.75) is 25.4 Å². The number of esters is 3. The van der Waals surface area contributed by atoms with Crippen molar-refractivity contribution in [3.63, 3.8) is 0 Å². The Balaban J connectivity index is 1.61. The normalized spacial score (nSPS) is 23.0.